The maximum absolute atomic E-state index is 10.8. The molecule has 0 radical (unpaired) electrons. The molecule has 0 aromatic heterocycles. The average molecular weight is 191 g/mol. The monoisotopic (exact) mass is 191 g/mol. The van der Waals surface area contributed by atoms with Gasteiger partial charge in [0.2, 0.25) is 5.30 Å². The summed E-state index contributed by atoms with van der Waals surface area (Å²) in [5.41, 5.74) is 0. The van der Waals surface area contributed by atoms with Gasteiger partial charge in [0.15, 0.2) is 0 Å². The van der Waals surface area contributed by atoms with Crippen LogP contribution in [0.2, 0.25) is 0 Å². The van der Waals surface area contributed by atoms with Crippen molar-refractivity contribution in [2.24, 2.45) is 0 Å². The lowest BCUT2D eigenvalue weighted by molar-refractivity contribution is 0.513. The Morgan fingerprint density at radius 1 is 1.00 bits per heavy atom. The first-order valence-corrected chi connectivity index (χ1v) is 5.13. The molecule has 13 heavy (non-hydrogen) atoms. The average Bonchev–Trinajstić information content (AvgIpc) is 2.17. The van der Waals surface area contributed by atoms with Crippen molar-refractivity contribution in [3.63, 3.8) is 0 Å². The number of benzene rings is 2. The van der Waals surface area contributed by atoms with E-state index in [4.69, 9.17) is 4.89 Å². The fraction of sp³-hybridized carbons (Fsp3) is 0. The molecular formula is C10H8O2P+. The number of hydrogen-bond donors (Lipinski definition) is 1. The maximum Gasteiger partial charge on any atom is 0.546 e. The third-order valence-electron chi connectivity index (χ3n) is 1.95. The van der Waals surface area contributed by atoms with Crippen molar-refractivity contribution >= 4 is 24.1 Å². The standard InChI is InChI=1S/C10H7O2P/c11-13(12)10-6-5-8-3-1-2-4-9(8)7-10/h1-7H/p+1. The lowest BCUT2D eigenvalue weighted by Crippen LogP contribution is -1.93. The molecule has 3 heteroatoms. The highest BCUT2D eigenvalue weighted by Gasteiger charge is 2.15. The molecule has 0 saturated heterocycles. The maximum atomic E-state index is 10.8. The molecule has 64 valence electrons. The van der Waals surface area contributed by atoms with Crippen molar-refractivity contribution in [2.45, 2.75) is 0 Å². The first kappa shape index (κ1) is 8.36. The van der Waals surface area contributed by atoms with Gasteiger partial charge in [-0.3, -0.25) is 0 Å². The molecule has 0 fully saturated rings. The van der Waals surface area contributed by atoms with Crippen LogP contribution in [-0.2, 0) is 4.57 Å². The fourth-order valence-corrected chi connectivity index (χ4v) is 1.75. The van der Waals surface area contributed by atoms with Gasteiger partial charge in [-0.2, -0.15) is 4.89 Å². The summed E-state index contributed by atoms with van der Waals surface area (Å²) in [7, 11) is -2.22. The van der Waals surface area contributed by atoms with Gasteiger partial charge < -0.3 is 0 Å². The van der Waals surface area contributed by atoms with Crippen LogP contribution in [0.25, 0.3) is 10.8 Å². The van der Waals surface area contributed by atoms with Crippen molar-refractivity contribution in [3.8, 4) is 0 Å². The van der Waals surface area contributed by atoms with Crippen LogP contribution in [-0.4, -0.2) is 4.89 Å². The van der Waals surface area contributed by atoms with Crippen LogP contribution in [0.1, 0.15) is 0 Å². The third-order valence-corrected chi connectivity index (χ3v) is 2.67. The Labute approximate surface area is 76.7 Å². The Morgan fingerprint density at radius 3 is 2.38 bits per heavy atom. The zero-order valence-corrected chi connectivity index (χ0v) is 7.74. The number of hydrogen-bond acceptors (Lipinski definition) is 1. The van der Waals surface area contributed by atoms with E-state index in [1.807, 2.05) is 30.3 Å². The second-order valence-electron chi connectivity index (χ2n) is 2.80. The molecule has 2 aromatic carbocycles. The molecule has 1 atom stereocenters. The molecule has 2 nitrogen and oxygen atoms in total. The topological polar surface area (TPSA) is 37.3 Å². The van der Waals surface area contributed by atoms with Gasteiger partial charge in [0.05, 0.1) is 0 Å². The first-order chi connectivity index (χ1) is 6.27. The molecule has 0 spiro atoms. The summed E-state index contributed by atoms with van der Waals surface area (Å²) >= 11 is 0. The van der Waals surface area contributed by atoms with E-state index in [1.165, 1.54) is 0 Å². The van der Waals surface area contributed by atoms with Crippen LogP contribution in [0.15, 0.2) is 42.5 Å². The first-order valence-electron chi connectivity index (χ1n) is 3.92. The highest BCUT2D eigenvalue weighted by Crippen LogP contribution is 2.18. The molecule has 1 unspecified atom stereocenters. The van der Waals surface area contributed by atoms with Gasteiger partial charge in [-0.25, -0.2) is 0 Å². The molecule has 0 aliphatic carbocycles. The van der Waals surface area contributed by atoms with E-state index in [9.17, 15) is 4.57 Å². The van der Waals surface area contributed by atoms with Crippen LogP contribution in [0.3, 0.4) is 0 Å². The Balaban J connectivity index is 2.69. The number of rotatable bonds is 1. The van der Waals surface area contributed by atoms with Crippen LogP contribution < -0.4 is 5.30 Å². The van der Waals surface area contributed by atoms with E-state index >= 15 is 0 Å². The van der Waals surface area contributed by atoms with E-state index in [1.54, 1.807) is 12.1 Å². The van der Waals surface area contributed by atoms with Crippen LogP contribution in [0.4, 0.5) is 0 Å². The van der Waals surface area contributed by atoms with E-state index in [2.05, 4.69) is 0 Å². The molecule has 2 rings (SSSR count). The third kappa shape index (κ3) is 1.59. The zero-order valence-electron chi connectivity index (χ0n) is 6.84. The SMILES string of the molecule is O=[P+](O)c1ccc2ccccc2c1. The Bertz CT molecular complexity index is 465. The van der Waals surface area contributed by atoms with Gasteiger partial charge in [0.1, 0.15) is 0 Å². The smallest absolute Gasteiger partial charge is 0.156 e. The second kappa shape index (κ2) is 3.25. The van der Waals surface area contributed by atoms with Crippen molar-refractivity contribution in [3.05, 3.63) is 42.5 Å². The Hall–Kier alpha value is -1.24. The predicted octanol–water partition coefficient (Wildman–Crippen LogP) is 2.20. The highest BCUT2D eigenvalue weighted by atomic mass is 31.1. The van der Waals surface area contributed by atoms with E-state index < -0.39 is 8.03 Å². The summed E-state index contributed by atoms with van der Waals surface area (Å²) < 4.78 is 10.8. The predicted molar refractivity (Wildman–Crippen MR) is 53.4 cm³/mol. The Kier molecular flexibility index (Phi) is 2.09. The van der Waals surface area contributed by atoms with Gasteiger partial charge >= 0.3 is 8.03 Å². The van der Waals surface area contributed by atoms with Crippen LogP contribution in [0.5, 0.6) is 0 Å². The largest absolute Gasteiger partial charge is 0.546 e. The molecule has 0 aliphatic heterocycles. The summed E-state index contributed by atoms with van der Waals surface area (Å²) in [4.78, 5) is 8.89. The second-order valence-corrected chi connectivity index (χ2v) is 3.87. The summed E-state index contributed by atoms with van der Waals surface area (Å²) in [5, 5.41) is 2.56. The van der Waals surface area contributed by atoms with E-state index in [0.29, 0.717) is 5.30 Å². The zero-order chi connectivity index (χ0) is 9.26. The van der Waals surface area contributed by atoms with E-state index in [0.717, 1.165) is 10.8 Å². The van der Waals surface area contributed by atoms with Crippen LogP contribution >= 0.6 is 8.03 Å². The molecule has 2 aromatic rings. The van der Waals surface area contributed by atoms with Crippen molar-refractivity contribution in [2.75, 3.05) is 0 Å². The molecule has 0 bridgehead atoms. The summed E-state index contributed by atoms with van der Waals surface area (Å²) in [6, 6.07) is 13.0. The van der Waals surface area contributed by atoms with Crippen molar-refractivity contribution in [1.29, 1.82) is 0 Å². The van der Waals surface area contributed by atoms with Gasteiger partial charge in [-0.1, -0.05) is 24.3 Å². The minimum absolute atomic E-state index is 0.480. The minimum Gasteiger partial charge on any atom is -0.156 e. The molecule has 0 heterocycles. The Morgan fingerprint density at radius 2 is 1.69 bits per heavy atom. The van der Waals surface area contributed by atoms with Crippen molar-refractivity contribution < 1.29 is 9.46 Å². The molecular weight excluding hydrogens is 183 g/mol. The van der Waals surface area contributed by atoms with Gasteiger partial charge in [0.25, 0.3) is 0 Å². The summed E-state index contributed by atoms with van der Waals surface area (Å²) in [6.45, 7) is 0. The normalized spacial score (nSPS) is 11.6. The fourth-order valence-electron chi connectivity index (χ4n) is 1.30. The van der Waals surface area contributed by atoms with Gasteiger partial charge in [-0.05, 0) is 27.5 Å². The molecule has 0 amide bonds. The minimum atomic E-state index is -2.22. The molecule has 0 saturated carbocycles. The van der Waals surface area contributed by atoms with Crippen LogP contribution in [0, 0.1) is 0 Å². The highest BCUT2D eigenvalue weighted by molar-refractivity contribution is 7.47. The number of fused-ring (bicyclic) bond motifs is 1. The van der Waals surface area contributed by atoms with Gasteiger partial charge in [-0.15, -0.1) is 0 Å². The molecule has 1 N–H and O–H groups in total. The lowest BCUT2D eigenvalue weighted by Gasteiger charge is -1.93. The summed E-state index contributed by atoms with van der Waals surface area (Å²) in [6.07, 6.45) is 0. The van der Waals surface area contributed by atoms with Crippen molar-refractivity contribution in [1.82, 2.24) is 0 Å². The van der Waals surface area contributed by atoms with E-state index in [-0.39, 0.29) is 0 Å². The quantitative estimate of drug-likeness (QED) is 0.701. The lowest BCUT2D eigenvalue weighted by atomic mass is 10.1. The summed E-state index contributed by atoms with van der Waals surface area (Å²) in [5.74, 6) is 0. The molecule has 0 aliphatic rings. The van der Waals surface area contributed by atoms with Gasteiger partial charge in [0, 0.05) is 6.07 Å².